The number of carboxylic acids is 1. The molecular formula is C17H19N3O6. The van der Waals surface area contributed by atoms with Crippen LogP contribution >= 0.6 is 0 Å². The number of carboxylic acid groups (broad SMARTS) is 1. The van der Waals surface area contributed by atoms with Crippen molar-refractivity contribution >= 4 is 22.8 Å². The molecule has 1 amide bonds. The smallest absolute Gasteiger partial charge is 0.328 e. The van der Waals surface area contributed by atoms with Crippen LogP contribution in [0.5, 0.6) is 0 Å². The van der Waals surface area contributed by atoms with Gasteiger partial charge in [-0.1, -0.05) is 12.1 Å². The second-order valence-corrected chi connectivity index (χ2v) is 6.17. The van der Waals surface area contributed by atoms with Gasteiger partial charge in [0, 0.05) is 33.0 Å². The molecule has 0 radical (unpaired) electrons. The Hall–Kier alpha value is -2.94. The maximum Gasteiger partial charge on any atom is 0.328 e. The van der Waals surface area contributed by atoms with Crippen LogP contribution in [0.1, 0.15) is 12.8 Å². The largest absolute Gasteiger partial charge is 0.480 e. The number of aliphatic carboxylic acids is 1. The summed E-state index contributed by atoms with van der Waals surface area (Å²) < 4.78 is 6.49. The van der Waals surface area contributed by atoms with Gasteiger partial charge in [0.1, 0.15) is 6.04 Å². The number of nitrogens with zero attached hydrogens (tertiary/aromatic N) is 2. The number of para-hydroxylation sites is 1. The fourth-order valence-corrected chi connectivity index (χ4v) is 3.29. The average Bonchev–Trinajstić information content (AvgIpc) is 3.06. The molecule has 2 atom stereocenters. The first-order chi connectivity index (χ1) is 12.4. The van der Waals surface area contributed by atoms with Crippen LogP contribution in [0.2, 0.25) is 0 Å². The van der Waals surface area contributed by atoms with E-state index in [0.717, 1.165) is 0 Å². The van der Waals surface area contributed by atoms with E-state index in [0.29, 0.717) is 10.9 Å². The first-order valence-corrected chi connectivity index (χ1v) is 8.19. The number of nitrogens with one attached hydrogen (secondary N) is 1. The quantitative estimate of drug-likeness (QED) is 0.759. The Bertz CT molecular complexity index is 963. The Morgan fingerprint density at radius 1 is 1.31 bits per heavy atom. The van der Waals surface area contributed by atoms with Crippen LogP contribution in [-0.4, -0.2) is 57.2 Å². The average molecular weight is 361 g/mol. The number of aryl methyl sites for hydroxylation is 1. The lowest BCUT2D eigenvalue weighted by Crippen LogP contribution is -2.41. The summed E-state index contributed by atoms with van der Waals surface area (Å²) in [5, 5.41) is 9.65. The molecule has 0 aliphatic carbocycles. The van der Waals surface area contributed by atoms with Crippen molar-refractivity contribution in [3.8, 4) is 0 Å². The molecule has 1 aromatic carbocycles. The highest BCUT2D eigenvalue weighted by Gasteiger charge is 2.39. The third-order valence-corrected chi connectivity index (χ3v) is 4.66. The summed E-state index contributed by atoms with van der Waals surface area (Å²) in [5.74, 6) is -1.45. The molecular weight excluding hydrogens is 342 g/mol. The lowest BCUT2D eigenvalue weighted by molar-refractivity contribution is -0.148. The van der Waals surface area contributed by atoms with Crippen LogP contribution < -0.4 is 11.2 Å². The number of methoxy groups -OCH3 is 1. The van der Waals surface area contributed by atoms with Gasteiger partial charge in [-0.25, -0.2) is 9.59 Å². The molecule has 2 heterocycles. The highest BCUT2D eigenvalue weighted by atomic mass is 16.5. The van der Waals surface area contributed by atoms with E-state index >= 15 is 0 Å². The summed E-state index contributed by atoms with van der Waals surface area (Å²) >= 11 is 0. The van der Waals surface area contributed by atoms with E-state index < -0.39 is 23.3 Å². The van der Waals surface area contributed by atoms with Gasteiger partial charge in [0.2, 0.25) is 5.91 Å². The van der Waals surface area contributed by atoms with Crippen molar-refractivity contribution in [2.24, 2.45) is 0 Å². The van der Waals surface area contributed by atoms with E-state index in [1.165, 1.54) is 16.6 Å². The Kier molecular flexibility index (Phi) is 4.90. The number of benzene rings is 1. The van der Waals surface area contributed by atoms with Crippen LogP contribution in [0, 0.1) is 0 Å². The van der Waals surface area contributed by atoms with Gasteiger partial charge in [-0.2, -0.15) is 0 Å². The van der Waals surface area contributed by atoms with Gasteiger partial charge in [0.25, 0.3) is 5.56 Å². The van der Waals surface area contributed by atoms with Gasteiger partial charge < -0.3 is 14.7 Å². The minimum atomic E-state index is -1.08. The van der Waals surface area contributed by atoms with E-state index in [2.05, 4.69) is 4.98 Å². The first kappa shape index (κ1) is 17.9. The molecule has 1 saturated heterocycles. The monoisotopic (exact) mass is 361 g/mol. The number of carbonyl (C=O) groups is 2. The van der Waals surface area contributed by atoms with E-state index in [-0.39, 0.29) is 37.9 Å². The summed E-state index contributed by atoms with van der Waals surface area (Å²) in [4.78, 5) is 51.4. The molecule has 0 bridgehead atoms. The van der Waals surface area contributed by atoms with E-state index in [1.807, 2.05) is 0 Å². The Morgan fingerprint density at radius 3 is 2.73 bits per heavy atom. The predicted molar refractivity (Wildman–Crippen MR) is 92.0 cm³/mol. The van der Waals surface area contributed by atoms with Gasteiger partial charge in [-0.3, -0.25) is 19.1 Å². The summed E-state index contributed by atoms with van der Waals surface area (Å²) in [5.41, 5.74) is -0.658. The van der Waals surface area contributed by atoms with Gasteiger partial charge in [0.05, 0.1) is 17.0 Å². The number of H-pyrrole nitrogens is 1. The van der Waals surface area contributed by atoms with Crippen molar-refractivity contribution in [1.82, 2.24) is 14.5 Å². The van der Waals surface area contributed by atoms with Gasteiger partial charge in [-0.15, -0.1) is 0 Å². The molecule has 9 heteroatoms. The topological polar surface area (TPSA) is 122 Å². The van der Waals surface area contributed by atoms with Crippen LogP contribution in [0.3, 0.4) is 0 Å². The number of aromatic nitrogens is 2. The molecule has 1 aliphatic heterocycles. The number of hydrogen-bond acceptors (Lipinski definition) is 5. The molecule has 2 unspecified atom stereocenters. The molecule has 2 N–H and O–H groups in total. The van der Waals surface area contributed by atoms with Crippen LogP contribution in [0.15, 0.2) is 33.9 Å². The van der Waals surface area contributed by atoms with Crippen molar-refractivity contribution < 1.29 is 19.4 Å². The SMILES string of the molecule is COC1CC(C(=O)O)N(C(=O)CCn2c(=O)[nH]c(=O)c3ccccc32)C1. The van der Waals surface area contributed by atoms with Gasteiger partial charge in [-0.05, 0) is 12.1 Å². The lowest BCUT2D eigenvalue weighted by Gasteiger charge is -2.21. The van der Waals surface area contributed by atoms with Crippen molar-refractivity contribution in [3.63, 3.8) is 0 Å². The fraction of sp³-hybridized carbons (Fsp3) is 0.412. The molecule has 0 spiro atoms. The van der Waals surface area contributed by atoms with Gasteiger partial charge in [0.15, 0.2) is 0 Å². The zero-order valence-electron chi connectivity index (χ0n) is 14.2. The number of likely N-dealkylation sites (tertiary alicyclic amines) is 1. The van der Waals surface area contributed by atoms with Crippen molar-refractivity contribution in [2.75, 3.05) is 13.7 Å². The Balaban J connectivity index is 1.82. The minimum absolute atomic E-state index is 0.0372. The zero-order valence-corrected chi connectivity index (χ0v) is 14.2. The molecule has 1 fully saturated rings. The number of amides is 1. The highest BCUT2D eigenvalue weighted by Crippen LogP contribution is 2.21. The number of fused-ring (bicyclic) bond motifs is 1. The summed E-state index contributed by atoms with van der Waals surface area (Å²) in [6.07, 6.45) is -0.147. The molecule has 2 aromatic rings. The van der Waals surface area contributed by atoms with E-state index in [1.54, 1.807) is 24.3 Å². The number of carbonyl (C=O) groups excluding carboxylic acids is 1. The Labute approximate surface area is 147 Å². The van der Waals surface area contributed by atoms with Crippen molar-refractivity contribution in [2.45, 2.75) is 31.5 Å². The second kappa shape index (κ2) is 7.12. The predicted octanol–water partition coefficient (Wildman–Crippen LogP) is -0.220. The van der Waals surface area contributed by atoms with E-state index in [4.69, 9.17) is 4.74 Å². The van der Waals surface area contributed by atoms with Crippen LogP contribution in [0.25, 0.3) is 10.9 Å². The molecule has 26 heavy (non-hydrogen) atoms. The number of hydrogen-bond donors (Lipinski definition) is 2. The molecule has 138 valence electrons. The maximum atomic E-state index is 12.5. The standard InChI is InChI=1S/C17H19N3O6/c1-26-10-8-13(16(23)24)20(9-10)14(21)6-7-19-12-5-3-2-4-11(12)15(22)18-17(19)25/h2-5,10,13H,6-9H2,1H3,(H,23,24)(H,18,22,25). The second-order valence-electron chi connectivity index (χ2n) is 6.17. The minimum Gasteiger partial charge on any atom is -0.480 e. The van der Waals surface area contributed by atoms with Gasteiger partial charge >= 0.3 is 11.7 Å². The van der Waals surface area contributed by atoms with Crippen molar-refractivity contribution in [1.29, 1.82) is 0 Å². The van der Waals surface area contributed by atoms with Crippen LogP contribution in [0.4, 0.5) is 0 Å². The Morgan fingerprint density at radius 2 is 2.04 bits per heavy atom. The molecule has 9 nitrogen and oxygen atoms in total. The van der Waals surface area contributed by atoms with E-state index in [9.17, 15) is 24.3 Å². The molecule has 1 aromatic heterocycles. The number of ether oxygens (including phenoxy) is 1. The fourth-order valence-electron chi connectivity index (χ4n) is 3.29. The molecule has 3 rings (SSSR count). The highest BCUT2D eigenvalue weighted by molar-refractivity contribution is 5.84. The maximum absolute atomic E-state index is 12.5. The van der Waals surface area contributed by atoms with Crippen molar-refractivity contribution in [3.05, 3.63) is 45.1 Å². The lowest BCUT2D eigenvalue weighted by atomic mass is 10.2. The summed E-state index contributed by atoms with van der Waals surface area (Å²) in [6.45, 7) is 0.239. The molecule has 0 saturated carbocycles. The number of rotatable bonds is 5. The normalized spacial score (nSPS) is 19.8. The summed E-state index contributed by atoms with van der Waals surface area (Å²) in [6, 6.07) is 5.67. The summed E-state index contributed by atoms with van der Waals surface area (Å²) in [7, 11) is 1.48. The zero-order chi connectivity index (χ0) is 18.8. The third kappa shape index (κ3) is 3.25. The van der Waals surface area contributed by atoms with Crippen LogP contribution in [-0.2, 0) is 20.9 Å². The third-order valence-electron chi connectivity index (χ3n) is 4.66. The molecule has 1 aliphatic rings. The first-order valence-electron chi connectivity index (χ1n) is 8.19. The number of aromatic amines is 1.